The maximum atomic E-state index is 6.28. The summed E-state index contributed by atoms with van der Waals surface area (Å²) in [6.07, 6.45) is 0. The molecule has 0 atom stereocenters. The van der Waals surface area contributed by atoms with Gasteiger partial charge in [0.15, 0.2) is 0 Å². The van der Waals surface area contributed by atoms with Crippen molar-refractivity contribution in [1.82, 2.24) is 4.98 Å². The average molecular weight is 563 g/mol. The molecular formula is C37H23ClN2S. The first-order valence-electron chi connectivity index (χ1n) is 13.6. The first-order chi connectivity index (χ1) is 20.2. The second kappa shape index (κ2) is 9.81. The minimum atomic E-state index is 0.712. The van der Waals surface area contributed by atoms with Crippen molar-refractivity contribution in [3.8, 4) is 22.4 Å². The van der Waals surface area contributed by atoms with Crippen LogP contribution in [0.1, 0.15) is 0 Å². The van der Waals surface area contributed by atoms with Gasteiger partial charge in [0.25, 0.3) is 0 Å². The second-order valence-electron chi connectivity index (χ2n) is 10.1. The number of aromatic nitrogens is 1. The van der Waals surface area contributed by atoms with Gasteiger partial charge in [0.1, 0.15) is 0 Å². The van der Waals surface area contributed by atoms with Crippen molar-refractivity contribution >= 4 is 62.1 Å². The van der Waals surface area contributed by atoms with Crippen LogP contribution in [-0.4, -0.2) is 4.98 Å². The van der Waals surface area contributed by atoms with Crippen LogP contribution < -0.4 is 4.90 Å². The monoisotopic (exact) mass is 562 g/mol. The summed E-state index contributed by atoms with van der Waals surface area (Å²) in [5.74, 6) is 0. The van der Waals surface area contributed by atoms with Crippen LogP contribution in [0.15, 0.2) is 149 Å². The van der Waals surface area contributed by atoms with E-state index in [1.54, 1.807) is 0 Å². The van der Waals surface area contributed by atoms with E-state index in [1.807, 2.05) is 36.0 Å². The lowest BCUT2D eigenvalue weighted by molar-refractivity contribution is 1.17. The normalized spacial score (nSPS) is 12.4. The summed E-state index contributed by atoms with van der Waals surface area (Å²) in [5.41, 5.74) is 8.63. The summed E-state index contributed by atoms with van der Waals surface area (Å²) in [4.78, 5) is 10.2. The SMILES string of the molecule is Clc1ccc(-c2cc(-c3cccc4ccccc34)c3cccc(N4c5ccccc5Sc5ccccc54)c3n2)cc1. The van der Waals surface area contributed by atoms with Crippen molar-refractivity contribution in [2.24, 2.45) is 0 Å². The molecule has 2 nitrogen and oxygen atoms in total. The Kier molecular flexibility index (Phi) is 5.80. The number of halogens is 1. The molecule has 41 heavy (non-hydrogen) atoms. The van der Waals surface area contributed by atoms with Crippen molar-refractivity contribution in [3.63, 3.8) is 0 Å². The largest absolute Gasteiger partial charge is 0.306 e. The van der Waals surface area contributed by atoms with Crippen LogP contribution >= 0.6 is 23.4 Å². The summed E-state index contributed by atoms with van der Waals surface area (Å²) in [5, 5.41) is 4.27. The van der Waals surface area contributed by atoms with Crippen molar-refractivity contribution < 1.29 is 0 Å². The molecule has 1 aliphatic heterocycles. The Balaban J connectivity index is 1.47. The van der Waals surface area contributed by atoms with Gasteiger partial charge < -0.3 is 4.90 Å². The van der Waals surface area contributed by atoms with Gasteiger partial charge in [-0.1, -0.05) is 114 Å². The van der Waals surface area contributed by atoms with Crippen LogP contribution in [0.25, 0.3) is 44.1 Å². The standard InChI is InChI=1S/C37H23ClN2S/c38-26-21-19-25(20-22-26)31-23-30(28-12-7-10-24-9-1-2-11-27(24)28)29-13-8-16-34(37(29)39-31)40-32-14-3-5-17-35(32)41-36-18-6-4-15-33(36)40/h1-23H. The lowest BCUT2D eigenvalue weighted by Crippen LogP contribution is -2.15. The van der Waals surface area contributed by atoms with Gasteiger partial charge in [0.2, 0.25) is 0 Å². The van der Waals surface area contributed by atoms with Gasteiger partial charge in [-0.3, -0.25) is 0 Å². The predicted molar refractivity (Wildman–Crippen MR) is 174 cm³/mol. The molecular weight excluding hydrogens is 540 g/mol. The van der Waals surface area contributed by atoms with E-state index in [0.717, 1.165) is 44.8 Å². The fourth-order valence-electron chi connectivity index (χ4n) is 5.83. The Morgan fingerprint density at radius 1 is 0.537 bits per heavy atom. The van der Waals surface area contributed by atoms with Crippen LogP contribution in [0.5, 0.6) is 0 Å². The summed E-state index contributed by atoms with van der Waals surface area (Å²) >= 11 is 8.09. The molecule has 6 aromatic carbocycles. The topological polar surface area (TPSA) is 16.1 Å². The molecule has 0 spiro atoms. The second-order valence-corrected chi connectivity index (χ2v) is 11.7. The van der Waals surface area contributed by atoms with E-state index >= 15 is 0 Å². The van der Waals surface area contributed by atoms with E-state index in [9.17, 15) is 0 Å². The predicted octanol–water partition coefficient (Wildman–Crippen LogP) is 11.3. The fraction of sp³-hybridized carbons (Fsp3) is 0. The third-order valence-corrected chi connectivity index (χ3v) is 9.09. The molecule has 0 radical (unpaired) electrons. The summed E-state index contributed by atoms with van der Waals surface area (Å²) in [7, 11) is 0. The molecule has 1 aliphatic rings. The molecule has 8 rings (SSSR count). The zero-order valence-electron chi connectivity index (χ0n) is 22.0. The third kappa shape index (κ3) is 4.09. The maximum Gasteiger partial charge on any atom is 0.0956 e. The molecule has 0 saturated carbocycles. The molecule has 7 aromatic rings. The minimum Gasteiger partial charge on any atom is -0.306 e. The van der Waals surface area contributed by atoms with Gasteiger partial charge in [-0.25, -0.2) is 4.98 Å². The number of nitrogens with zero attached hydrogens (tertiary/aromatic N) is 2. The van der Waals surface area contributed by atoms with Gasteiger partial charge in [-0.2, -0.15) is 0 Å². The third-order valence-electron chi connectivity index (χ3n) is 7.71. The number of hydrogen-bond acceptors (Lipinski definition) is 3. The van der Waals surface area contributed by atoms with E-state index in [1.165, 1.54) is 26.1 Å². The molecule has 4 heteroatoms. The van der Waals surface area contributed by atoms with E-state index in [0.29, 0.717) is 5.02 Å². The van der Waals surface area contributed by atoms with Crippen molar-refractivity contribution in [2.75, 3.05) is 4.90 Å². The molecule has 1 aromatic heterocycles. The van der Waals surface area contributed by atoms with Crippen LogP contribution in [0.3, 0.4) is 0 Å². The Hall–Kier alpha value is -4.57. The number of hydrogen-bond donors (Lipinski definition) is 0. The number of anilines is 3. The lowest BCUT2D eigenvalue weighted by Gasteiger charge is -2.33. The first-order valence-corrected chi connectivity index (χ1v) is 14.8. The number of para-hydroxylation sites is 3. The number of pyridine rings is 1. The molecule has 0 saturated heterocycles. The highest BCUT2D eigenvalue weighted by atomic mass is 35.5. The zero-order valence-corrected chi connectivity index (χ0v) is 23.5. The van der Waals surface area contributed by atoms with E-state index in [4.69, 9.17) is 16.6 Å². The molecule has 0 amide bonds. The maximum absolute atomic E-state index is 6.28. The van der Waals surface area contributed by atoms with Crippen molar-refractivity contribution in [3.05, 3.63) is 145 Å². The van der Waals surface area contributed by atoms with Crippen LogP contribution in [-0.2, 0) is 0 Å². The molecule has 194 valence electrons. The molecule has 0 unspecified atom stereocenters. The fourth-order valence-corrected chi connectivity index (χ4v) is 7.01. The lowest BCUT2D eigenvalue weighted by atomic mass is 9.93. The van der Waals surface area contributed by atoms with Crippen LogP contribution in [0.4, 0.5) is 17.1 Å². The molecule has 0 N–H and O–H groups in total. The molecule has 0 aliphatic carbocycles. The summed E-state index contributed by atoms with van der Waals surface area (Å²) < 4.78 is 0. The Morgan fingerprint density at radius 3 is 1.93 bits per heavy atom. The van der Waals surface area contributed by atoms with Gasteiger partial charge in [0, 0.05) is 25.8 Å². The summed E-state index contributed by atoms with van der Waals surface area (Å²) in [6.45, 7) is 0. The highest BCUT2D eigenvalue weighted by Crippen LogP contribution is 2.52. The van der Waals surface area contributed by atoms with E-state index in [2.05, 4.69) is 120 Å². The Morgan fingerprint density at radius 2 is 1.15 bits per heavy atom. The Labute approximate surface area is 247 Å². The Bertz CT molecular complexity index is 2050. The zero-order chi connectivity index (χ0) is 27.3. The number of fused-ring (bicyclic) bond motifs is 4. The summed E-state index contributed by atoms with van der Waals surface area (Å²) in [6, 6.07) is 49.1. The van der Waals surface area contributed by atoms with Crippen molar-refractivity contribution in [1.29, 1.82) is 0 Å². The van der Waals surface area contributed by atoms with Crippen molar-refractivity contribution in [2.45, 2.75) is 9.79 Å². The quantitative estimate of drug-likeness (QED) is 0.213. The highest BCUT2D eigenvalue weighted by Gasteiger charge is 2.26. The first kappa shape index (κ1) is 24.2. The van der Waals surface area contributed by atoms with E-state index in [-0.39, 0.29) is 0 Å². The highest BCUT2D eigenvalue weighted by molar-refractivity contribution is 7.99. The molecule has 0 fully saturated rings. The van der Waals surface area contributed by atoms with Gasteiger partial charge >= 0.3 is 0 Å². The smallest absolute Gasteiger partial charge is 0.0956 e. The minimum absolute atomic E-state index is 0.712. The number of benzene rings is 6. The molecule has 0 bridgehead atoms. The van der Waals surface area contributed by atoms with Gasteiger partial charge in [-0.15, -0.1) is 0 Å². The molecule has 2 heterocycles. The van der Waals surface area contributed by atoms with E-state index < -0.39 is 0 Å². The van der Waals surface area contributed by atoms with Gasteiger partial charge in [-0.05, 0) is 70.4 Å². The van der Waals surface area contributed by atoms with Crippen LogP contribution in [0.2, 0.25) is 5.02 Å². The van der Waals surface area contributed by atoms with Crippen LogP contribution in [0, 0.1) is 0 Å². The van der Waals surface area contributed by atoms with Gasteiger partial charge in [0.05, 0.1) is 28.3 Å². The number of rotatable bonds is 3. The average Bonchev–Trinajstić information content (AvgIpc) is 3.03.